The van der Waals surface area contributed by atoms with Gasteiger partial charge in [0.15, 0.2) is 0 Å². The van der Waals surface area contributed by atoms with Crippen molar-refractivity contribution in [2.24, 2.45) is 0 Å². The number of ether oxygens (including phenoxy) is 1. The first-order valence-corrected chi connectivity index (χ1v) is 8.60. The van der Waals surface area contributed by atoms with Crippen molar-refractivity contribution < 1.29 is 9.53 Å². The summed E-state index contributed by atoms with van der Waals surface area (Å²) in [6.45, 7) is 1.90. The number of carbonyl (C=O) groups is 1. The Morgan fingerprint density at radius 3 is 2.76 bits per heavy atom. The minimum atomic E-state index is 0.146. The Kier molecular flexibility index (Phi) is 5.60. The number of likely N-dealkylation sites (tertiary alicyclic amines) is 1. The second-order valence-electron chi connectivity index (χ2n) is 6.58. The summed E-state index contributed by atoms with van der Waals surface area (Å²) in [6, 6.07) is 9.58. The molecular formula is C19H24N4O2. The molecule has 0 N–H and O–H groups in total. The molecule has 0 unspecified atom stereocenters. The summed E-state index contributed by atoms with van der Waals surface area (Å²) in [4.78, 5) is 25.1. The average molecular weight is 340 g/mol. The molecule has 25 heavy (non-hydrogen) atoms. The van der Waals surface area contributed by atoms with Crippen LogP contribution in [0.4, 0.5) is 0 Å². The molecule has 0 aliphatic carbocycles. The number of para-hydroxylation sites is 1. The summed E-state index contributed by atoms with van der Waals surface area (Å²) in [5.41, 5.74) is 0.828. The molecule has 2 heterocycles. The van der Waals surface area contributed by atoms with E-state index in [0.717, 1.165) is 30.8 Å². The van der Waals surface area contributed by atoms with Crippen molar-refractivity contribution in [3.63, 3.8) is 0 Å². The Hall–Kier alpha value is -2.47. The van der Waals surface area contributed by atoms with Gasteiger partial charge in [0.2, 0.25) is 11.8 Å². The molecule has 6 nitrogen and oxygen atoms in total. The Balaban J connectivity index is 1.76. The quantitative estimate of drug-likeness (QED) is 0.837. The first-order chi connectivity index (χ1) is 12.1. The number of benzene rings is 1. The van der Waals surface area contributed by atoms with Crippen LogP contribution in [0.5, 0.6) is 11.6 Å². The highest BCUT2D eigenvalue weighted by molar-refractivity contribution is 5.78. The van der Waals surface area contributed by atoms with Gasteiger partial charge in [0.25, 0.3) is 0 Å². The fraction of sp³-hybridized carbons (Fsp3) is 0.421. The largest absolute Gasteiger partial charge is 0.437 e. The van der Waals surface area contributed by atoms with Gasteiger partial charge in [-0.1, -0.05) is 18.2 Å². The van der Waals surface area contributed by atoms with Crippen LogP contribution in [0.2, 0.25) is 0 Å². The number of rotatable bonds is 5. The maximum Gasteiger partial charge on any atom is 0.241 e. The zero-order valence-corrected chi connectivity index (χ0v) is 14.8. The zero-order chi connectivity index (χ0) is 17.6. The van der Waals surface area contributed by atoms with Gasteiger partial charge in [-0.15, -0.1) is 0 Å². The van der Waals surface area contributed by atoms with Crippen LogP contribution in [0.1, 0.15) is 24.5 Å². The van der Waals surface area contributed by atoms with E-state index in [1.54, 1.807) is 12.4 Å². The first-order valence-electron chi connectivity index (χ1n) is 8.60. The van der Waals surface area contributed by atoms with E-state index in [1.807, 2.05) is 54.2 Å². The molecule has 132 valence electrons. The second kappa shape index (κ2) is 8.07. The minimum absolute atomic E-state index is 0.146. The van der Waals surface area contributed by atoms with Crippen LogP contribution in [0.15, 0.2) is 42.7 Å². The number of amides is 1. The maximum absolute atomic E-state index is 12.4. The van der Waals surface area contributed by atoms with Crippen molar-refractivity contribution in [2.75, 3.05) is 33.7 Å². The number of piperidine rings is 1. The summed E-state index contributed by atoms with van der Waals surface area (Å²) in [6.07, 6.45) is 5.27. The summed E-state index contributed by atoms with van der Waals surface area (Å²) >= 11 is 0. The molecule has 1 saturated heterocycles. The van der Waals surface area contributed by atoms with Gasteiger partial charge < -0.3 is 14.5 Å². The normalized spacial score (nSPS) is 17.6. The highest BCUT2D eigenvalue weighted by Gasteiger charge is 2.28. The molecule has 1 aromatic heterocycles. The van der Waals surface area contributed by atoms with Gasteiger partial charge >= 0.3 is 0 Å². The number of likely N-dealkylation sites (N-methyl/N-ethyl adjacent to an activating group) is 1. The number of aromatic nitrogens is 2. The average Bonchev–Trinajstić information content (AvgIpc) is 2.63. The molecule has 0 bridgehead atoms. The van der Waals surface area contributed by atoms with Gasteiger partial charge in [0, 0.05) is 31.4 Å². The monoisotopic (exact) mass is 340 g/mol. The maximum atomic E-state index is 12.4. The molecule has 3 rings (SSSR count). The topological polar surface area (TPSA) is 58.6 Å². The van der Waals surface area contributed by atoms with Gasteiger partial charge in [-0.3, -0.25) is 9.78 Å². The van der Waals surface area contributed by atoms with E-state index < -0.39 is 0 Å². The van der Waals surface area contributed by atoms with Crippen molar-refractivity contribution in [2.45, 2.75) is 18.8 Å². The number of nitrogens with zero attached hydrogens (tertiary/aromatic N) is 4. The SMILES string of the molecule is CN(C)CC(=O)N1CCC[C@@H](c2nccnc2Oc2ccccc2)C1. The summed E-state index contributed by atoms with van der Waals surface area (Å²) in [5.74, 6) is 1.57. The molecule has 0 saturated carbocycles. The van der Waals surface area contributed by atoms with Crippen LogP contribution in [-0.2, 0) is 4.79 Å². The second-order valence-corrected chi connectivity index (χ2v) is 6.58. The Morgan fingerprint density at radius 2 is 2.00 bits per heavy atom. The van der Waals surface area contributed by atoms with Crippen molar-refractivity contribution in [3.05, 3.63) is 48.4 Å². The van der Waals surface area contributed by atoms with Crippen LogP contribution in [0.25, 0.3) is 0 Å². The molecule has 1 atom stereocenters. The fourth-order valence-corrected chi connectivity index (χ4v) is 3.09. The molecule has 1 aromatic carbocycles. The smallest absolute Gasteiger partial charge is 0.241 e. The third-order valence-corrected chi connectivity index (χ3v) is 4.26. The summed E-state index contributed by atoms with van der Waals surface area (Å²) < 4.78 is 5.94. The molecule has 1 amide bonds. The Morgan fingerprint density at radius 1 is 1.24 bits per heavy atom. The molecule has 0 radical (unpaired) electrons. The van der Waals surface area contributed by atoms with Crippen LogP contribution in [0.3, 0.4) is 0 Å². The lowest BCUT2D eigenvalue weighted by Gasteiger charge is -2.33. The third kappa shape index (κ3) is 4.54. The number of hydrogen-bond acceptors (Lipinski definition) is 5. The predicted molar refractivity (Wildman–Crippen MR) is 95.7 cm³/mol. The Labute approximate surface area is 148 Å². The van der Waals surface area contributed by atoms with Gasteiger partial charge in [-0.05, 0) is 39.1 Å². The van der Waals surface area contributed by atoms with Crippen molar-refractivity contribution in [3.8, 4) is 11.6 Å². The van der Waals surface area contributed by atoms with Crippen molar-refractivity contribution >= 4 is 5.91 Å². The highest BCUT2D eigenvalue weighted by atomic mass is 16.5. The van der Waals surface area contributed by atoms with E-state index in [4.69, 9.17) is 4.74 Å². The molecule has 1 fully saturated rings. The van der Waals surface area contributed by atoms with Gasteiger partial charge in [0.1, 0.15) is 11.4 Å². The lowest BCUT2D eigenvalue weighted by atomic mass is 9.94. The standard InChI is InChI=1S/C19H24N4O2/c1-22(2)14-17(24)23-12-6-7-15(13-23)18-19(21-11-10-20-18)25-16-8-4-3-5-9-16/h3-5,8-11,15H,6-7,12-14H2,1-2H3/t15-/m1/s1. The van der Waals surface area contributed by atoms with Crippen LogP contribution in [0, 0.1) is 0 Å². The van der Waals surface area contributed by atoms with Gasteiger partial charge in [0.05, 0.1) is 6.54 Å². The molecule has 1 aliphatic rings. The van der Waals surface area contributed by atoms with E-state index >= 15 is 0 Å². The van der Waals surface area contributed by atoms with E-state index in [-0.39, 0.29) is 11.8 Å². The zero-order valence-electron chi connectivity index (χ0n) is 14.8. The molecule has 6 heteroatoms. The van der Waals surface area contributed by atoms with Crippen LogP contribution in [-0.4, -0.2) is 59.4 Å². The number of hydrogen-bond donors (Lipinski definition) is 0. The third-order valence-electron chi connectivity index (χ3n) is 4.26. The van der Waals surface area contributed by atoms with Gasteiger partial charge in [-0.2, -0.15) is 0 Å². The number of carbonyl (C=O) groups excluding carboxylic acids is 1. The summed E-state index contributed by atoms with van der Waals surface area (Å²) in [7, 11) is 3.82. The van der Waals surface area contributed by atoms with E-state index in [9.17, 15) is 4.79 Å². The Bertz CT molecular complexity index is 706. The lowest BCUT2D eigenvalue weighted by molar-refractivity contribution is -0.133. The summed E-state index contributed by atoms with van der Waals surface area (Å²) in [5, 5.41) is 0. The van der Waals surface area contributed by atoms with E-state index in [0.29, 0.717) is 19.0 Å². The molecule has 0 spiro atoms. The first kappa shape index (κ1) is 17.4. The molecule has 1 aliphatic heterocycles. The van der Waals surface area contributed by atoms with Gasteiger partial charge in [-0.25, -0.2) is 4.98 Å². The van der Waals surface area contributed by atoms with E-state index in [1.165, 1.54) is 0 Å². The predicted octanol–water partition coefficient (Wildman–Crippen LogP) is 2.54. The van der Waals surface area contributed by atoms with Crippen molar-refractivity contribution in [1.82, 2.24) is 19.8 Å². The minimum Gasteiger partial charge on any atom is -0.437 e. The van der Waals surface area contributed by atoms with Crippen LogP contribution >= 0.6 is 0 Å². The van der Waals surface area contributed by atoms with Crippen LogP contribution < -0.4 is 4.74 Å². The molecular weight excluding hydrogens is 316 g/mol. The fourth-order valence-electron chi connectivity index (χ4n) is 3.09. The lowest BCUT2D eigenvalue weighted by Crippen LogP contribution is -2.43. The highest BCUT2D eigenvalue weighted by Crippen LogP contribution is 2.32. The van der Waals surface area contributed by atoms with E-state index in [2.05, 4.69) is 9.97 Å². The molecule has 2 aromatic rings. The van der Waals surface area contributed by atoms with Crippen molar-refractivity contribution in [1.29, 1.82) is 0 Å².